The topological polar surface area (TPSA) is 155 Å². The van der Waals surface area contributed by atoms with Crippen LogP contribution in [0, 0.1) is 0 Å². The average Bonchev–Trinajstić information content (AvgIpc) is 3.44. The zero-order valence-electron chi connectivity index (χ0n) is 27.1. The Kier molecular flexibility index (Phi) is 12.7. The molecule has 254 valence electrons. The first-order chi connectivity index (χ1) is 23.0. The summed E-state index contributed by atoms with van der Waals surface area (Å²) < 4.78 is 17.8. The molecule has 0 spiro atoms. The molecule has 2 atom stereocenters. The Morgan fingerprint density at radius 1 is 1.10 bits per heavy atom. The Bertz CT molecular complexity index is 1670. The van der Waals surface area contributed by atoms with E-state index in [9.17, 15) is 9.59 Å². The van der Waals surface area contributed by atoms with E-state index in [1.807, 2.05) is 0 Å². The van der Waals surface area contributed by atoms with Crippen molar-refractivity contribution in [2.45, 2.75) is 70.2 Å². The number of esters is 1. The second-order valence-electron chi connectivity index (χ2n) is 12.2. The Hall–Kier alpha value is -4.28. The number of benzene rings is 3. The summed E-state index contributed by atoms with van der Waals surface area (Å²) in [6.07, 6.45) is -0.243. The Labute approximate surface area is 289 Å². The van der Waals surface area contributed by atoms with Crippen LogP contribution in [0.1, 0.15) is 68.4 Å². The maximum Gasteiger partial charge on any atom is 0.306 e. The van der Waals surface area contributed by atoms with Crippen LogP contribution in [0.4, 0.5) is 0 Å². The normalized spacial score (nSPS) is 17.1. The molecule has 11 nitrogen and oxygen atoms in total. The molecule has 0 aromatic heterocycles. The molecule has 4 rings (SSSR count). The van der Waals surface area contributed by atoms with Crippen LogP contribution < -0.4 is 10.1 Å². The summed E-state index contributed by atoms with van der Waals surface area (Å²) in [7, 11) is 0. The zero-order valence-corrected chi connectivity index (χ0v) is 28.6. The summed E-state index contributed by atoms with van der Waals surface area (Å²) in [6, 6.07) is 19.4. The van der Waals surface area contributed by atoms with Crippen LogP contribution >= 0.6 is 23.2 Å². The molecule has 1 aliphatic rings. The number of rotatable bonds is 15. The van der Waals surface area contributed by atoms with Crippen LogP contribution in [0.15, 0.2) is 76.8 Å². The fraction of sp³-hybridized carbons (Fsp3) is 0.400. The first-order valence-corrected chi connectivity index (χ1v) is 16.3. The summed E-state index contributed by atoms with van der Waals surface area (Å²) in [5.74, 6) is -0.159. The SMILES string of the molecule is CC(C)(C)OC(=O)CC[C@@]1(C(=O)NCCc2ccc(Cl)cc2Cl)N=C(c2ccc(OCCCO)cc2)O[C@@H]1c1ccccc1CN=[N+]=[N-]. The number of aliphatic hydroxyl groups excluding tert-OH is 1. The first-order valence-electron chi connectivity index (χ1n) is 15.6. The summed E-state index contributed by atoms with van der Waals surface area (Å²) in [5, 5.41) is 16.8. The van der Waals surface area contributed by atoms with E-state index < -0.39 is 29.1 Å². The lowest BCUT2D eigenvalue weighted by Crippen LogP contribution is -2.49. The number of hydrogen-bond donors (Lipinski definition) is 2. The molecule has 0 bridgehead atoms. The summed E-state index contributed by atoms with van der Waals surface area (Å²) >= 11 is 12.5. The van der Waals surface area contributed by atoms with Crippen LogP contribution in [0.5, 0.6) is 5.75 Å². The number of ether oxygens (including phenoxy) is 3. The maximum absolute atomic E-state index is 14.5. The molecule has 0 aliphatic carbocycles. The van der Waals surface area contributed by atoms with Gasteiger partial charge in [-0.2, -0.15) is 0 Å². The van der Waals surface area contributed by atoms with E-state index in [0.717, 1.165) is 5.56 Å². The average molecular weight is 697 g/mol. The Balaban J connectivity index is 1.75. The molecule has 3 aromatic rings. The first kappa shape index (κ1) is 36.6. The molecule has 13 heteroatoms. The molecule has 1 heterocycles. The van der Waals surface area contributed by atoms with Gasteiger partial charge in [-0.25, -0.2) is 4.99 Å². The number of hydrogen-bond acceptors (Lipinski definition) is 8. The molecule has 0 saturated carbocycles. The molecule has 0 saturated heterocycles. The van der Waals surface area contributed by atoms with E-state index in [2.05, 4.69) is 15.3 Å². The van der Waals surface area contributed by atoms with E-state index in [0.29, 0.717) is 51.9 Å². The van der Waals surface area contributed by atoms with E-state index in [1.54, 1.807) is 87.5 Å². The highest BCUT2D eigenvalue weighted by molar-refractivity contribution is 6.35. The lowest BCUT2D eigenvalue weighted by molar-refractivity contribution is -0.155. The molecule has 0 fully saturated rings. The fourth-order valence-corrected chi connectivity index (χ4v) is 5.77. The number of azide groups is 1. The predicted octanol–water partition coefficient (Wildman–Crippen LogP) is 7.30. The number of aliphatic imine (C=N–C) groups is 1. The van der Waals surface area contributed by atoms with Crippen molar-refractivity contribution in [2.75, 3.05) is 19.8 Å². The number of nitrogens with one attached hydrogen (secondary N) is 1. The molecule has 0 radical (unpaired) electrons. The van der Waals surface area contributed by atoms with Crippen molar-refractivity contribution in [3.63, 3.8) is 0 Å². The Morgan fingerprint density at radius 2 is 1.85 bits per heavy atom. The van der Waals surface area contributed by atoms with Gasteiger partial charge in [0.05, 0.1) is 13.2 Å². The van der Waals surface area contributed by atoms with Crippen LogP contribution in [-0.2, 0) is 32.0 Å². The van der Waals surface area contributed by atoms with Gasteiger partial charge in [0.2, 0.25) is 5.90 Å². The second-order valence-corrected chi connectivity index (χ2v) is 13.0. The van der Waals surface area contributed by atoms with Crippen molar-refractivity contribution < 1.29 is 28.9 Å². The van der Waals surface area contributed by atoms with Gasteiger partial charge in [-0.15, -0.1) is 0 Å². The standard InChI is InChI=1S/C35H39Cl2N5O6/c1-34(2,3)48-30(44)15-17-35(33(45)39-18-16-23-9-12-26(36)21-29(23)37)31(28-8-5-4-7-25(28)22-40-42-38)47-32(41-35)24-10-13-27(14-11-24)46-20-6-19-43/h4-5,7-14,21,31,43H,6,15-20,22H2,1-3H3,(H,39,45)/t31-,35-/m1/s1. The zero-order chi connectivity index (χ0) is 34.7. The highest BCUT2D eigenvalue weighted by Crippen LogP contribution is 2.44. The number of nitrogens with zero attached hydrogens (tertiary/aromatic N) is 4. The fourth-order valence-electron chi connectivity index (χ4n) is 5.26. The van der Waals surface area contributed by atoms with Gasteiger partial charge in [-0.1, -0.05) is 58.6 Å². The molecular formula is C35H39Cl2N5O6. The minimum atomic E-state index is -1.61. The molecule has 1 aliphatic heterocycles. The number of amides is 1. The van der Waals surface area contributed by atoms with Crippen LogP contribution in [0.3, 0.4) is 0 Å². The van der Waals surface area contributed by atoms with E-state index in [4.69, 9.17) is 53.0 Å². The van der Waals surface area contributed by atoms with Crippen molar-refractivity contribution in [3.05, 3.63) is 109 Å². The molecular weight excluding hydrogens is 657 g/mol. The Morgan fingerprint density at radius 3 is 2.54 bits per heavy atom. The van der Waals surface area contributed by atoms with Gasteiger partial charge in [-0.05, 0) is 92.2 Å². The molecule has 48 heavy (non-hydrogen) atoms. The predicted molar refractivity (Wildman–Crippen MR) is 184 cm³/mol. The monoisotopic (exact) mass is 695 g/mol. The number of carbonyl (C=O) groups excluding carboxylic acids is 2. The number of aliphatic hydroxyl groups is 1. The molecule has 2 N–H and O–H groups in total. The van der Waals surface area contributed by atoms with Gasteiger partial charge in [0.15, 0.2) is 11.6 Å². The summed E-state index contributed by atoms with van der Waals surface area (Å²) in [4.78, 5) is 35.4. The lowest BCUT2D eigenvalue weighted by atomic mass is 9.81. The van der Waals surface area contributed by atoms with Crippen LogP contribution in [-0.4, -0.2) is 53.8 Å². The van der Waals surface area contributed by atoms with Gasteiger partial charge in [-0.3, -0.25) is 9.59 Å². The highest BCUT2D eigenvalue weighted by Gasteiger charge is 2.53. The molecule has 0 unspecified atom stereocenters. The van der Waals surface area contributed by atoms with E-state index in [1.165, 1.54) is 0 Å². The number of carbonyl (C=O) groups is 2. The van der Waals surface area contributed by atoms with Gasteiger partial charge in [0, 0.05) is 46.5 Å². The van der Waals surface area contributed by atoms with Crippen LogP contribution in [0.2, 0.25) is 10.0 Å². The van der Waals surface area contributed by atoms with Crippen molar-refractivity contribution in [1.29, 1.82) is 0 Å². The van der Waals surface area contributed by atoms with E-state index in [-0.39, 0.29) is 38.4 Å². The molecule has 3 aromatic carbocycles. The van der Waals surface area contributed by atoms with Crippen molar-refractivity contribution in [1.82, 2.24) is 5.32 Å². The highest BCUT2D eigenvalue weighted by atomic mass is 35.5. The minimum absolute atomic E-state index is 0.0145. The quantitative estimate of drug-likeness (QED) is 0.0559. The third kappa shape index (κ3) is 9.64. The lowest BCUT2D eigenvalue weighted by Gasteiger charge is -2.32. The molecule has 1 amide bonds. The van der Waals surface area contributed by atoms with Crippen molar-refractivity contribution in [2.24, 2.45) is 10.1 Å². The third-order valence-corrected chi connectivity index (χ3v) is 8.08. The van der Waals surface area contributed by atoms with Gasteiger partial charge in [0.1, 0.15) is 11.4 Å². The van der Waals surface area contributed by atoms with E-state index >= 15 is 0 Å². The largest absolute Gasteiger partial charge is 0.494 e. The number of halogens is 2. The summed E-state index contributed by atoms with van der Waals surface area (Å²) in [5.41, 5.74) is 9.35. The minimum Gasteiger partial charge on any atom is -0.494 e. The third-order valence-electron chi connectivity index (χ3n) is 7.50. The van der Waals surface area contributed by atoms with Gasteiger partial charge >= 0.3 is 5.97 Å². The summed E-state index contributed by atoms with van der Waals surface area (Å²) in [6.45, 7) is 5.92. The second kappa shape index (κ2) is 16.7. The van der Waals surface area contributed by atoms with Crippen LogP contribution in [0.25, 0.3) is 10.4 Å². The van der Waals surface area contributed by atoms with Gasteiger partial charge < -0.3 is 24.6 Å². The maximum atomic E-state index is 14.5. The van der Waals surface area contributed by atoms with Crippen molar-refractivity contribution in [3.8, 4) is 5.75 Å². The smallest absolute Gasteiger partial charge is 0.306 e. The van der Waals surface area contributed by atoms with Gasteiger partial charge in [0.25, 0.3) is 5.91 Å². The van der Waals surface area contributed by atoms with Crippen molar-refractivity contribution >= 4 is 41.0 Å².